The van der Waals surface area contributed by atoms with Crippen LogP contribution in [0.1, 0.15) is 23.7 Å². The fourth-order valence-corrected chi connectivity index (χ4v) is 3.72. The topological polar surface area (TPSA) is 78.1 Å². The Hall–Kier alpha value is -3.16. The van der Waals surface area contributed by atoms with Gasteiger partial charge >= 0.3 is 0 Å². The molecule has 3 heterocycles. The minimum Gasteiger partial charge on any atom is -0.497 e. The molecule has 0 unspecified atom stereocenters. The maximum absolute atomic E-state index is 12.9. The fourth-order valence-electron chi connectivity index (χ4n) is 3.72. The van der Waals surface area contributed by atoms with E-state index in [0.717, 1.165) is 47.1 Å². The van der Waals surface area contributed by atoms with Gasteiger partial charge in [-0.1, -0.05) is 12.1 Å². The van der Waals surface area contributed by atoms with Gasteiger partial charge in [0.05, 0.1) is 13.5 Å². The first-order valence-corrected chi connectivity index (χ1v) is 9.44. The van der Waals surface area contributed by atoms with Gasteiger partial charge in [-0.05, 0) is 24.6 Å². The Morgan fingerprint density at radius 1 is 1.32 bits per heavy atom. The maximum atomic E-state index is 12.9. The highest BCUT2D eigenvalue weighted by molar-refractivity contribution is 5.79. The monoisotopic (exact) mass is 380 g/mol. The second-order valence-electron chi connectivity index (χ2n) is 6.93. The molecule has 0 radical (unpaired) electrons. The van der Waals surface area contributed by atoms with Crippen LogP contribution in [-0.2, 0) is 37.8 Å². The first-order chi connectivity index (χ1) is 13.6. The van der Waals surface area contributed by atoms with Crippen LogP contribution in [0.15, 0.2) is 30.6 Å². The predicted molar refractivity (Wildman–Crippen MR) is 104 cm³/mol. The van der Waals surface area contributed by atoms with Crippen molar-refractivity contribution >= 4 is 5.91 Å². The zero-order valence-corrected chi connectivity index (χ0v) is 16.4. The van der Waals surface area contributed by atoms with Gasteiger partial charge in [-0.25, -0.2) is 0 Å². The third-order valence-corrected chi connectivity index (χ3v) is 5.25. The lowest BCUT2D eigenvalue weighted by molar-refractivity contribution is -0.131. The van der Waals surface area contributed by atoms with Gasteiger partial charge in [0.15, 0.2) is 5.82 Å². The van der Waals surface area contributed by atoms with Gasteiger partial charge in [0.25, 0.3) is 0 Å². The van der Waals surface area contributed by atoms with Gasteiger partial charge < -0.3 is 14.2 Å². The third-order valence-electron chi connectivity index (χ3n) is 5.25. The van der Waals surface area contributed by atoms with E-state index in [1.165, 1.54) is 0 Å². The molecule has 0 aliphatic carbocycles. The second-order valence-corrected chi connectivity index (χ2v) is 6.93. The summed E-state index contributed by atoms with van der Waals surface area (Å²) in [4.78, 5) is 14.8. The van der Waals surface area contributed by atoms with Crippen LogP contribution in [0, 0.1) is 0 Å². The standard InChI is InChI=1S/C20H24N6O2/c1-4-25-13-21-22-20(25)19-16-12-26(9-8-17(16)24(2)23-19)18(27)11-14-6-5-7-15(10-14)28-3/h5-7,10,13H,4,8-9,11-12H2,1-3H3. The number of fused-ring (bicyclic) bond motifs is 1. The number of aromatic nitrogens is 5. The number of amides is 1. The van der Waals surface area contributed by atoms with E-state index >= 15 is 0 Å². The van der Waals surface area contributed by atoms with E-state index in [1.807, 2.05) is 52.4 Å². The van der Waals surface area contributed by atoms with E-state index in [1.54, 1.807) is 13.4 Å². The summed E-state index contributed by atoms with van der Waals surface area (Å²) in [5, 5.41) is 13.0. The van der Waals surface area contributed by atoms with Gasteiger partial charge in [-0.15, -0.1) is 10.2 Å². The number of rotatable bonds is 5. The normalized spacial score (nSPS) is 13.5. The molecule has 28 heavy (non-hydrogen) atoms. The molecule has 0 fully saturated rings. The highest BCUT2D eigenvalue weighted by Crippen LogP contribution is 2.29. The van der Waals surface area contributed by atoms with Gasteiger partial charge in [0.1, 0.15) is 17.8 Å². The Bertz CT molecular complexity index is 1010. The Labute approximate surface area is 163 Å². The number of benzene rings is 1. The molecule has 0 spiro atoms. The summed E-state index contributed by atoms with van der Waals surface area (Å²) in [5.41, 5.74) is 3.99. The van der Waals surface area contributed by atoms with Crippen molar-refractivity contribution in [3.05, 3.63) is 47.4 Å². The lowest BCUT2D eigenvalue weighted by Gasteiger charge is -2.28. The van der Waals surface area contributed by atoms with Crippen LogP contribution in [0.5, 0.6) is 5.75 Å². The average molecular weight is 380 g/mol. The minimum atomic E-state index is 0.102. The lowest BCUT2D eigenvalue weighted by Crippen LogP contribution is -2.37. The zero-order chi connectivity index (χ0) is 19.7. The maximum Gasteiger partial charge on any atom is 0.227 e. The Kier molecular flexibility index (Phi) is 4.85. The Morgan fingerprint density at radius 3 is 2.96 bits per heavy atom. The summed E-state index contributed by atoms with van der Waals surface area (Å²) in [5.74, 6) is 1.62. The molecule has 8 nitrogen and oxygen atoms in total. The molecule has 1 amide bonds. The molecular formula is C20H24N6O2. The molecule has 4 rings (SSSR count). The fraction of sp³-hybridized carbons (Fsp3) is 0.400. The van der Waals surface area contributed by atoms with Crippen LogP contribution in [-0.4, -0.2) is 49.0 Å². The van der Waals surface area contributed by atoms with Crippen molar-refractivity contribution in [3.63, 3.8) is 0 Å². The van der Waals surface area contributed by atoms with Crippen molar-refractivity contribution in [2.24, 2.45) is 7.05 Å². The van der Waals surface area contributed by atoms with Crippen molar-refractivity contribution in [3.8, 4) is 17.3 Å². The molecule has 0 bridgehead atoms. The average Bonchev–Trinajstić information content (AvgIpc) is 3.32. The van der Waals surface area contributed by atoms with E-state index in [0.29, 0.717) is 19.5 Å². The molecule has 1 aliphatic rings. The summed E-state index contributed by atoms with van der Waals surface area (Å²) < 4.78 is 9.14. The van der Waals surface area contributed by atoms with E-state index < -0.39 is 0 Å². The Balaban J connectivity index is 1.58. The summed E-state index contributed by atoms with van der Waals surface area (Å²) in [7, 11) is 3.58. The van der Waals surface area contributed by atoms with Crippen molar-refractivity contribution in [2.75, 3.05) is 13.7 Å². The van der Waals surface area contributed by atoms with Gasteiger partial charge in [-0.2, -0.15) is 5.10 Å². The molecule has 0 saturated heterocycles. The summed E-state index contributed by atoms with van der Waals surface area (Å²) in [6.07, 6.45) is 2.85. The molecule has 0 N–H and O–H groups in total. The number of carbonyl (C=O) groups excluding carboxylic acids is 1. The molecule has 8 heteroatoms. The van der Waals surface area contributed by atoms with Crippen molar-refractivity contribution in [2.45, 2.75) is 32.9 Å². The molecule has 0 atom stereocenters. The quantitative estimate of drug-likeness (QED) is 0.675. The largest absolute Gasteiger partial charge is 0.497 e. The van der Waals surface area contributed by atoms with E-state index in [9.17, 15) is 4.79 Å². The molecule has 1 aromatic carbocycles. The summed E-state index contributed by atoms with van der Waals surface area (Å²) in [6.45, 7) is 4.05. The highest BCUT2D eigenvalue weighted by atomic mass is 16.5. The van der Waals surface area contributed by atoms with Gasteiger partial charge in [-0.3, -0.25) is 9.48 Å². The first kappa shape index (κ1) is 18.2. The van der Waals surface area contributed by atoms with Crippen LogP contribution in [0.2, 0.25) is 0 Å². The van der Waals surface area contributed by atoms with Crippen LogP contribution in [0.4, 0.5) is 0 Å². The number of ether oxygens (including phenoxy) is 1. The van der Waals surface area contributed by atoms with Crippen molar-refractivity contribution in [1.82, 2.24) is 29.4 Å². The third kappa shape index (κ3) is 3.26. The smallest absolute Gasteiger partial charge is 0.227 e. The SMILES string of the molecule is CCn1cnnc1-c1nn(C)c2c1CN(C(=O)Cc1cccc(OC)c1)CC2. The van der Waals surface area contributed by atoms with Crippen LogP contribution in [0.25, 0.3) is 11.5 Å². The summed E-state index contributed by atoms with van der Waals surface area (Å²) >= 11 is 0. The van der Waals surface area contributed by atoms with Crippen LogP contribution >= 0.6 is 0 Å². The van der Waals surface area contributed by atoms with Crippen LogP contribution < -0.4 is 4.74 Å². The Morgan fingerprint density at radius 2 is 2.18 bits per heavy atom. The summed E-state index contributed by atoms with van der Waals surface area (Å²) in [6, 6.07) is 7.65. The number of hydrogen-bond donors (Lipinski definition) is 0. The van der Waals surface area contributed by atoms with E-state index in [2.05, 4.69) is 15.3 Å². The lowest BCUT2D eigenvalue weighted by atomic mass is 10.0. The number of carbonyl (C=O) groups is 1. The molecule has 3 aromatic rings. The number of aryl methyl sites for hydroxylation is 2. The van der Waals surface area contributed by atoms with Gasteiger partial charge in [0.2, 0.25) is 5.91 Å². The molecule has 0 saturated carbocycles. The number of hydrogen-bond acceptors (Lipinski definition) is 5. The van der Waals surface area contributed by atoms with E-state index in [-0.39, 0.29) is 5.91 Å². The van der Waals surface area contributed by atoms with Gasteiger partial charge in [0, 0.05) is 44.4 Å². The molecule has 1 aliphatic heterocycles. The minimum absolute atomic E-state index is 0.102. The van der Waals surface area contributed by atoms with Crippen molar-refractivity contribution < 1.29 is 9.53 Å². The highest BCUT2D eigenvalue weighted by Gasteiger charge is 2.28. The molecule has 2 aromatic heterocycles. The molecular weight excluding hydrogens is 356 g/mol. The number of methoxy groups -OCH3 is 1. The molecule has 146 valence electrons. The predicted octanol–water partition coefficient (Wildman–Crippen LogP) is 1.83. The first-order valence-electron chi connectivity index (χ1n) is 9.44. The van der Waals surface area contributed by atoms with Crippen molar-refractivity contribution in [1.29, 1.82) is 0 Å². The van der Waals surface area contributed by atoms with E-state index in [4.69, 9.17) is 4.74 Å². The second kappa shape index (κ2) is 7.46. The number of nitrogens with zero attached hydrogens (tertiary/aromatic N) is 6. The van der Waals surface area contributed by atoms with Crippen LogP contribution in [0.3, 0.4) is 0 Å². The zero-order valence-electron chi connectivity index (χ0n) is 16.4.